The first-order valence-corrected chi connectivity index (χ1v) is 14.8. The molecule has 7 rings (SSSR count). The fourth-order valence-electron chi connectivity index (χ4n) is 6.76. The second kappa shape index (κ2) is 10.9. The van der Waals surface area contributed by atoms with E-state index in [4.69, 9.17) is 0 Å². The van der Waals surface area contributed by atoms with Crippen LogP contribution < -0.4 is 5.32 Å². The fourth-order valence-corrected chi connectivity index (χ4v) is 6.76. The van der Waals surface area contributed by atoms with Crippen molar-refractivity contribution in [3.05, 3.63) is 54.4 Å². The number of fused-ring (bicyclic) bond motifs is 1. The minimum Gasteiger partial charge on any atom is -0.367 e. The molecular weight excluding hydrogens is 557 g/mol. The van der Waals surface area contributed by atoms with Gasteiger partial charge in [-0.05, 0) is 69.0 Å². The van der Waals surface area contributed by atoms with Crippen LogP contribution in [-0.4, -0.2) is 77.8 Å². The Labute approximate surface area is 246 Å². The summed E-state index contributed by atoms with van der Waals surface area (Å²) in [6.07, 6.45) is 7.38. The zero-order valence-electron chi connectivity index (χ0n) is 23.7. The fraction of sp³-hybridized carbons (Fsp3) is 0.500. The van der Waals surface area contributed by atoms with Crippen molar-refractivity contribution in [2.75, 3.05) is 31.5 Å². The number of hydrogen-bond acceptors (Lipinski definition) is 8. The molecule has 2 saturated heterocycles. The van der Waals surface area contributed by atoms with E-state index < -0.39 is 11.9 Å². The van der Waals surface area contributed by atoms with Crippen molar-refractivity contribution in [1.82, 2.24) is 39.5 Å². The Morgan fingerprint density at radius 3 is 2.65 bits per heavy atom. The number of hydrogen-bond donors (Lipinski definition) is 2. The van der Waals surface area contributed by atoms with Crippen molar-refractivity contribution in [3.63, 3.8) is 0 Å². The van der Waals surface area contributed by atoms with Crippen molar-refractivity contribution in [3.8, 4) is 17.3 Å². The summed E-state index contributed by atoms with van der Waals surface area (Å²) in [5, 5.41) is 18.6. The molecule has 4 aromatic rings. The van der Waals surface area contributed by atoms with Crippen LogP contribution in [0.25, 0.3) is 22.3 Å². The maximum atomic E-state index is 13.6. The predicted octanol–water partition coefficient (Wildman–Crippen LogP) is 4.79. The van der Waals surface area contributed by atoms with Gasteiger partial charge in [-0.2, -0.15) is 23.5 Å². The third kappa shape index (κ3) is 5.45. The molecule has 0 spiro atoms. The monoisotopic (exact) mass is 590 g/mol. The lowest BCUT2D eigenvalue weighted by atomic mass is 9.69. The average Bonchev–Trinajstić information content (AvgIpc) is 3.63. The van der Waals surface area contributed by atoms with Crippen molar-refractivity contribution in [1.29, 1.82) is 5.26 Å². The smallest absolute Gasteiger partial charge is 0.367 e. The standard InChI is InChI=1S/C30H33F3N10/c31-30(32,33)25-12-20(17-41-8-1-9-41)13-26(40-25)39-22-3-10-42(11-4-22)23-14-29(15-23,5-6-34)43-18-21(16-38-43)27-24-2-7-35-28(24)37-19-36-27/h2,7,12-13,16,18-19,22-23H,1,3-5,8-11,14-15,17H2,(H,39,40)(H,35,36,37)/t23-,29-. The molecule has 2 aliphatic heterocycles. The molecule has 224 valence electrons. The lowest BCUT2D eigenvalue weighted by molar-refractivity contribution is -0.141. The second-order valence-electron chi connectivity index (χ2n) is 12.1. The molecule has 0 bridgehead atoms. The van der Waals surface area contributed by atoms with Gasteiger partial charge in [0.2, 0.25) is 0 Å². The van der Waals surface area contributed by atoms with Gasteiger partial charge in [0, 0.05) is 55.1 Å². The lowest BCUT2D eigenvalue weighted by Crippen LogP contribution is -2.58. The predicted molar refractivity (Wildman–Crippen MR) is 154 cm³/mol. The van der Waals surface area contributed by atoms with E-state index in [-0.39, 0.29) is 11.6 Å². The van der Waals surface area contributed by atoms with Gasteiger partial charge < -0.3 is 15.2 Å². The summed E-state index contributed by atoms with van der Waals surface area (Å²) in [4.78, 5) is 20.4. The van der Waals surface area contributed by atoms with Crippen LogP contribution in [0.3, 0.4) is 0 Å². The number of alkyl halides is 3. The third-order valence-corrected chi connectivity index (χ3v) is 9.26. The van der Waals surface area contributed by atoms with Gasteiger partial charge in [-0.1, -0.05) is 0 Å². The highest BCUT2D eigenvalue weighted by molar-refractivity contribution is 5.90. The van der Waals surface area contributed by atoms with E-state index in [1.165, 1.54) is 12.4 Å². The maximum Gasteiger partial charge on any atom is 0.433 e. The van der Waals surface area contributed by atoms with Crippen LogP contribution in [0, 0.1) is 11.3 Å². The SMILES string of the molecule is N#CC[C@]1(n2cc(-c3ncnc4[nH]ccc34)cn2)C[C@H](N2CCC(Nc3cc(CN4CCC4)cc(C(F)(F)F)n3)CC2)C1. The van der Waals surface area contributed by atoms with E-state index in [2.05, 4.69) is 46.2 Å². The molecule has 43 heavy (non-hydrogen) atoms. The quantitative estimate of drug-likeness (QED) is 0.301. The summed E-state index contributed by atoms with van der Waals surface area (Å²) < 4.78 is 42.7. The number of pyridine rings is 1. The first kappa shape index (κ1) is 27.8. The van der Waals surface area contributed by atoms with Crippen molar-refractivity contribution < 1.29 is 13.2 Å². The molecule has 0 atom stereocenters. The number of anilines is 1. The van der Waals surface area contributed by atoms with E-state index in [0.29, 0.717) is 30.4 Å². The van der Waals surface area contributed by atoms with Gasteiger partial charge in [-0.15, -0.1) is 0 Å². The minimum absolute atomic E-state index is 0.0554. The number of halogens is 3. The van der Waals surface area contributed by atoms with Gasteiger partial charge in [0.1, 0.15) is 23.5 Å². The molecule has 13 heteroatoms. The molecule has 0 radical (unpaired) electrons. The number of nitrogens with zero attached hydrogens (tertiary/aromatic N) is 8. The first-order chi connectivity index (χ1) is 20.8. The van der Waals surface area contributed by atoms with E-state index in [1.54, 1.807) is 12.3 Å². The third-order valence-electron chi connectivity index (χ3n) is 9.26. The van der Waals surface area contributed by atoms with Crippen molar-refractivity contribution in [2.24, 2.45) is 0 Å². The number of piperidine rings is 1. The van der Waals surface area contributed by atoms with Crippen LogP contribution in [0.1, 0.15) is 49.8 Å². The highest BCUT2D eigenvalue weighted by atomic mass is 19.4. The summed E-state index contributed by atoms with van der Waals surface area (Å²) in [7, 11) is 0. The van der Waals surface area contributed by atoms with Crippen LogP contribution in [0.2, 0.25) is 0 Å². The average molecular weight is 591 g/mol. The molecule has 2 N–H and O–H groups in total. The number of aromatic nitrogens is 6. The van der Waals surface area contributed by atoms with E-state index >= 15 is 0 Å². The van der Waals surface area contributed by atoms with Gasteiger partial charge in [0.25, 0.3) is 0 Å². The molecule has 1 saturated carbocycles. The summed E-state index contributed by atoms with van der Waals surface area (Å²) in [6.45, 7) is 4.02. The Kier molecular flexibility index (Phi) is 7.05. The topological polar surface area (TPSA) is 115 Å². The Morgan fingerprint density at radius 2 is 1.93 bits per heavy atom. The van der Waals surface area contributed by atoms with E-state index in [1.807, 2.05) is 23.1 Å². The second-order valence-corrected chi connectivity index (χ2v) is 12.1. The summed E-state index contributed by atoms with van der Waals surface area (Å²) in [5.74, 6) is 0.301. The van der Waals surface area contributed by atoms with Gasteiger partial charge in [-0.3, -0.25) is 9.58 Å². The van der Waals surface area contributed by atoms with Gasteiger partial charge in [0.05, 0.1) is 29.9 Å². The number of rotatable bonds is 8. The maximum absolute atomic E-state index is 13.6. The summed E-state index contributed by atoms with van der Waals surface area (Å²) in [6, 6.07) is 7.64. The molecule has 1 aliphatic carbocycles. The van der Waals surface area contributed by atoms with Crippen molar-refractivity contribution in [2.45, 2.75) is 68.9 Å². The molecule has 10 nitrogen and oxygen atoms in total. The number of likely N-dealkylation sites (tertiary alicyclic amines) is 2. The first-order valence-electron chi connectivity index (χ1n) is 14.8. The Balaban J connectivity index is 0.986. The molecule has 3 aliphatic rings. The largest absolute Gasteiger partial charge is 0.433 e. The zero-order chi connectivity index (χ0) is 29.6. The minimum atomic E-state index is -4.48. The Bertz CT molecular complexity index is 1640. The number of nitriles is 1. The zero-order valence-corrected chi connectivity index (χ0v) is 23.7. The molecule has 4 aromatic heterocycles. The molecule has 0 aromatic carbocycles. The van der Waals surface area contributed by atoms with Crippen LogP contribution in [0.4, 0.5) is 19.0 Å². The van der Waals surface area contributed by atoms with Gasteiger partial charge in [0.15, 0.2) is 0 Å². The molecule has 0 amide bonds. The van der Waals surface area contributed by atoms with Crippen LogP contribution in [0.5, 0.6) is 0 Å². The van der Waals surface area contributed by atoms with Crippen LogP contribution >= 0.6 is 0 Å². The molecule has 3 fully saturated rings. The molecular formula is C30H33F3N10. The normalized spacial score (nSPS) is 23.5. The number of aromatic amines is 1. The van der Waals surface area contributed by atoms with Crippen molar-refractivity contribution >= 4 is 16.9 Å². The van der Waals surface area contributed by atoms with Crippen LogP contribution in [-0.2, 0) is 18.3 Å². The Morgan fingerprint density at radius 1 is 1.12 bits per heavy atom. The lowest BCUT2D eigenvalue weighted by Gasteiger charge is -2.52. The summed E-state index contributed by atoms with van der Waals surface area (Å²) in [5.41, 5.74) is 1.89. The molecule has 0 unspecified atom stereocenters. The summed E-state index contributed by atoms with van der Waals surface area (Å²) >= 11 is 0. The highest BCUT2D eigenvalue weighted by Crippen LogP contribution is 2.45. The van der Waals surface area contributed by atoms with Crippen LogP contribution in [0.15, 0.2) is 43.1 Å². The number of nitrogens with one attached hydrogen (secondary N) is 2. The van der Waals surface area contributed by atoms with E-state index in [0.717, 1.165) is 80.6 Å². The number of H-pyrrole nitrogens is 1. The Hall–Kier alpha value is -4.02. The van der Waals surface area contributed by atoms with E-state index in [9.17, 15) is 18.4 Å². The van der Waals surface area contributed by atoms with Gasteiger partial charge >= 0.3 is 6.18 Å². The molecule has 6 heterocycles. The highest BCUT2D eigenvalue weighted by Gasteiger charge is 2.49. The van der Waals surface area contributed by atoms with Gasteiger partial charge in [-0.25, -0.2) is 15.0 Å².